The zero-order chi connectivity index (χ0) is 14.1. The second kappa shape index (κ2) is 6.28. The normalized spacial score (nSPS) is 28.3. The van der Waals surface area contributed by atoms with Crippen LogP contribution in [0.2, 0.25) is 0 Å². The number of ether oxygens (including phenoxy) is 4. The van der Waals surface area contributed by atoms with Gasteiger partial charge in [0.2, 0.25) is 0 Å². The Morgan fingerprint density at radius 3 is 2.11 bits per heavy atom. The van der Waals surface area contributed by atoms with Crippen LogP contribution >= 0.6 is 31.9 Å². The van der Waals surface area contributed by atoms with Crippen molar-refractivity contribution in [2.45, 2.75) is 42.3 Å². The molecule has 0 aromatic carbocycles. The Kier molecular flexibility index (Phi) is 5.35. The third-order valence-corrected chi connectivity index (χ3v) is 6.67. The summed E-state index contributed by atoms with van der Waals surface area (Å²) in [5.41, 5.74) is -0.0124. The molecule has 6 heteroatoms. The second-order valence-electron chi connectivity index (χ2n) is 6.14. The van der Waals surface area contributed by atoms with E-state index in [-0.39, 0.29) is 27.0 Å². The minimum absolute atomic E-state index is 0.0124. The van der Waals surface area contributed by atoms with E-state index in [9.17, 15) is 0 Å². The minimum Gasteiger partial charge on any atom is -0.376 e. The molecule has 0 bridgehead atoms. The number of epoxide rings is 2. The highest BCUT2D eigenvalue weighted by molar-refractivity contribution is 9.25. The summed E-state index contributed by atoms with van der Waals surface area (Å²) < 4.78 is 21.7. The number of hydrogen-bond acceptors (Lipinski definition) is 4. The van der Waals surface area contributed by atoms with Crippen molar-refractivity contribution >= 4 is 31.9 Å². The Labute approximate surface area is 131 Å². The lowest BCUT2D eigenvalue weighted by Gasteiger charge is -2.40. The van der Waals surface area contributed by atoms with Gasteiger partial charge in [0.05, 0.1) is 33.0 Å². The number of alkyl halides is 2. The van der Waals surface area contributed by atoms with Crippen LogP contribution in [-0.2, 0) is 18.9 Å². The molecule has 2 rings (SSSR count). The van der Waals surface area contributed by atoms with Gasteiger partial charge in [-0.25, -0.2) is 0 Å². The van der Waals surface area contributed by atoms with E-state index in [1.807, 2.05) is 0 Å². The van der Waals surface area contributed by atoms with Gasteiger partial charge in [-0.15, -0.1) is 0 Å². The van der Waals surface area contributed by atoms with Crippen LogP contribution in [0, 0.1) is 5.41 Å². The fourth-order valence-electron chi connectivity index (χ4n) is 1.60. The summed E-state index contributed by atoms with van der Waals surface area (Å²) in [6, 6.07) is 0. The van der Waals surface area contributed by atoms with Crippen molar-refractivity contribution in [2.24, 2.45) is 5.41 Å². The van der Waals surface area contributed by atoms with Crippen LogP contribution in [0.4, 0.5) is 0 Å². The van der Waals surface area contributed by atoms with Gasteiger partial charge in [-0.2, -0.15) is 0 Å². The molecule has 2 heterocycles. The molecule has 2 aliphatic heterocycles. The van der Waals surface area contributed by atoms with Gasteiger partial charge >= 0.3 is 0 Å². The van der Waals surface area contributed by atoms with Crippen molar-refractivity contribution in [1.82, 2.24) is 0 Å². The lowest BCUT2D eigenvalue weighted by molar-refractivity contribution is -0.0407. The molecule has 0 N–H and O–H groups in total. The zero-order valence-electron chi connectivity index (χ0n) is 11.7. The molecule has 0 aliphatic carbocycles. The maximum atomic E-state index is 5.98. The molecule has 2 aliphatic rings. The molecule has 4 nitrogen and oxygen atoms in total. The Morgan fingerprint density at radius 1 is 1.11 bits per heavy atom. The largest absolute Gasteiger partial charge is 0.376 e. The third-order valence-electron chi connectivity index (χ3n) is 3.27. The third kappa shape index (κ3) is 4.93. The van der Waals surface area contributed by atoms with E-state index >= 15 is 0 Å². The van der Waals surface area contributed by atoms with Crippen LogP contribution in [-0.4, -0.2) is 54.6 Å². The van der Waals surface area contributed by atoms with Gasteiger partial charge in [0.1, 0.15) is 21.5 Å². The van der Waals surface area contributed by atoms with Crippen LogP contribution in [0.5, 0.6) is 0 Å². The fraction of sp³-hybridized carbons (Fsp3) is 1.00. The Hall–Kier alpha value is 0.800. The van der Waals surface area contributed by atoms with Crippen LogP contribution in [0.1, 0.15) is 20.8 Å². The first-order valence-corrected chi connectivity index (χ1v) is 8.19. The van der Waals surface area contributed by atoms with Crippen molar-refractivity contribution in [3.8, 4) is 0 Å². The number of rotatable bonds is 8. The molecular formula is C13H22Br2O4. The first kappa shape index (κ1) is 16.2. The second-order valence-corrected chi connectivity index (χ2v) is 9.71. The highest BCUT2D eigenvalue weighted by Gasteiger charge is 2.46. The molecule has 19 heavy (non-hydrogen) atoms. The van der Waals surface area contributed by atoms with Crippen molar-refractivity contribution in [3.05, 3.63) is 0 Å². The van der Waals surface area contributed by atoms with E-state index in [4.69, 9.17) is 18.9 Å². The van der Waals surface area contributed by atoms with Gasteiger partial charge in [0, 0.05) is 0 Å². The molecule has 0 radical (unpaired) electrons. The first-order valence-electron chi connectivity index (χ1n) is 6.61. The summed E-state index contributed by atoms with van der Waals surface area (Å²) in [6.45, 7) is 9.87. The standard InChI is InChI=1S/C13H22Br2O4/c1-12(2,3)13(14,15)11(19-7-10-6-18-10)8-16-4-9-5-17-9/h9-11H,4-8H2,1-3H3. The van der Waals surface area contributed by atoms with E-state index in [1.54, 1.807) is 0 Å². The van der Waals surface area contributed by atoms with Gasteiger partial charge in [-0.1, -0.05) is 52.6 Å². The summed E-state index contributed by atoms with van der Waals surface area (Å²) in [6.07, 6.45) is 0.447. The molecule has 3 unspecified atom stereocenters. The summed E-state index contributed by atoms with van der Waals surface area (Å²) in [7, 11) is 0. The van der Waals surface area contributed by atoms with E-state index in [1.165, 1.54) is 0 Å². The van der Waals surface area contributed by atoms with Crippen molar-refractivity contribution in [1.29, 1.82) is 0 Å². The Bertz CT molecular complexity index is 296. The highest BCUT2D eigenvalue weighted by atomic mass is 79.9. The molecule has 0 aromatic rings. The van der Waals surface area contributed by atoms with Gasteiger partial charge in [0.15, 0.2) is 0 Å². The molecule has 0 amide bonds. The Balaban J connectivity index is 1.85. The maximum absolute atomic E-state index is 5.98. The molecule has 0 spiro atoms. The van der Waals surface area contributed by atoms with E-state index < -0.39 is 0 Å². The van der Waals surface area contributed by atoms with Gasteiger partial charge < -0.3 is 18.9 Å². The van der Waals surface area contributed by atoms with E-state index in [0.717, 1.165) is 13.2 Å². The molecule has 112 valence electrons. The van der Waals surface area contributed by atoms with Crippen molar-refractivity contribution in [2.75, 3.05) is 33.0 Å². The van der Waals surface area contributed by atoms with E-state index in [2.05, 4.69) is 52.6 Å². The van der Waals surface area contributed by atoms with Crippen LogP contribution in [0.3, 0.4) is 0 Å². The smallest absolute Gasteiger partial charge is 0.114 e. The molecular weight excluding hydrogens is 380 g/mol. The summed E-state index contributed by atoms with van der Waals surface area (Å²) in [4.78, 5) is 0. The van der Waals surface area contributed by atoms with Gasteiger partial charge in [-0.3, -0.25) is 0 Å². The topological polar surface area (TPSA) is 43.5 Å². The van der Waals surface area contributed by atoms with E-state index in [0.29, 0.717) is 19.8 Å². The summed E-state index contributed by atoms with van der Waals surface area (Å²) >= 11 is 7.52. The molecule has 2 saturated heterocycles. The SMILES string of the molecule is CC(C)(C)C(Br)(Br)C(COCC1CO1)OCC1CO1. The van der Waals surface area contributed by atoms with Gasteiger partial charge in [0.25, 0.3) is 0 Å². The molecule has 0 saturated carbocycles. The lowest BCUT2D eigenvalue weighted by atomic mass is 9.89. The van der Waals surface area contributed by atoms with Crippen molar-refractivity contribution < 1.29 is 18.9 Å². The quantitative estimate of drug-likeness (QED) is 0.463. The Morgan fingerprint density at radius 2 is 1.63 bits per heavy atom. The molecule has 3 atom stereocenters. The molecule has 0 aromatic heterocycles. The molecule has 2 fully saturated rings. The van der Waals surface area contributed by atoms with Crippen LogP contribution in [0.15, 0.2) is 0 Å². The monoisotopic (exact) mass is 400 g/mol. The van der Waals surface area contributed by atoms with Crippen molar-refractivity contribution in [3.63, 3.8) is 0 Å². The maximum Gasteiger partial charge on any atom is 0.114 e. The number of hydrogen-bond donors (Lipinski definition) is 0. The predicted molar refractivity (Wildman–Crippen MR) is 80.1 cm³/mol. The average molecular weight is 402 g/mol. The number of halogens is 2. The lowest BCUT2D eigenvalue weighted by Crippen LogP contribution is -2.46. The minimum atomic E-state index is -0.341. The highest BCUT2D eigenvalue weighted by Crippen LogP contribution is 2.47. The van der Waals surface area contributed by atoms with Crippen LogP contribution < -0.4 is 0 Å². The summed E-state index contributed by atoms with van der Waals surface area (Å²) in [5.74, 6) is 0. The first-order chi connectivity index (χ1) is 8.80. The van der Waals surface area contributed by atoms with Crippen LogP contribution in [0.25, 0.3) is 0 Å². The zero-order valence-corrected chi connectivity index (χ0v) is 14.8. The summed E-state index contributed by atoms with van der Waals surface area (Å²) in [5, 5.41) is 0. The fourth-order valence-corrected chi connectivity index (χ4v) is 2.13. The van der Waals surface area contributed by atoms with Gasteiger partial charge in [-0.05, 0) is 5.41 Å². The predicted octanol–water partition coefficient (Wildman–Crippen LogP) is 2.72. The average Bonchev–Trinajstić information content (AvgIpc) is 3.13.